The second kappa shape index (κ2) is 6.54. The number of halogens is 1. The van der Waals surface area contributed by atoms with E-state index in [1.807, 2.05) is 0 Å². The second-order valence-electron chi connectivity index (χ2n) is 3.31. The zero-order valence-electron chi connectivity index (χ0n) is 10.1. The molecule has 0 aromatic heterocycles. The predicted octanol–water partition coefficient (Wildman–Crippen LogP) is 1.95. The normalized spacial score (nSPS) is 10.9. The van der Waals surface area contributed by atoms with Crippen LogP contribution >= 0.6 is 0 Å². The number of methoxy groups -OCH3 is 1. The van der Waals surface area contributed by atoms with E-state index in [1.165, 1.54) is 31.4 Å². The standard InChI is InChI=1S/C13H13FO4/c1-3-18-12(15)8-11(13(16)17-2)9-4-6-10(14)7-5-9/h4-8H,3H2,1-2H3/b11-8-. The van der Waals surface area contributed by atoms with Gasteiger partial charge in [-0.3, -0.25) is 0 Å². The minimum Gasteiger partial charge on any atom is -0.465 e. The Morgan fingerprint density at radius 3 is 2.39 bits per heavy atom. The lowest BCUT2D eigenvalue weighted by Gasteiger charge is -2.05. The Labute approximate surface area is 104 Å². The van der Waals surface area contributed by atoms with Crippen LogP contribution in [0, 0.1) is 5.82 Å². The van der Waals surface area contributed by atoms with E-state index in [0.29, 0.717) is 5.56 Å². The summed E-state index contributed by atoms with van der Waals surface area (Å²) in [5.74, 6) is -1.77. The zero-order valence-corrected chi connectivity index (χ0v) is 10.1. The Bertz CT molecular complexity index is 462. The molecule has 0 heterocycles. The third-order valence-corrected chi connectivity index (χ3v) is 2.11. The van der Waals surface area contributed by atoms with Crippen LogP contribution in [0.15, 0.2) is 30.3 Å². The van der Waals surface area contributed by atoms with Gasteiger partial charge in [0.25, 0.3) is 0 Å². The molecule has 0 fully saturated rings. The smallest absolute Gasteiger partial charge is 0.338 e. The lowest BCUT2D eigenvalue weighted by atomic mass is 10.1. The Morgan fingerprint density at radius 2 is 1.89 bits per heavy atom. The minimum atomic E-state index is -0.685. The molecule has 0 aliphatic heterocycles. The van der Waals surface area contributed by atoms with Gasteiger partial charge in [0.2, 0.25) is 0 Å². The molecule has 1 aromatic rings. The maximum Gasteiger partial charge on any atom is 0.338 e. The molecule has 0 atom stereocenters. The average Bonchev–Trinajstić information content (AvgIpc) is 2.36. The van der Waals surface area contributed by atoms with Crippen LogP contribution in [0.4, 0.5) is 4.39 Å². The largest absolute Gasteiger partial charge is 0.465 e. The van der Waals surface area contributed by atoms with Gasteiger partial charge in [0.15, 0.2) is 0 Å². The summed E-state index contributed by atoms with van der Waals surface area (Å²) in [5, 5.41) is 0. The topological polar surface area (TPSA) is 52.6 Å². The summed E-state index contributed by atoms with van der Waals surface area (Å²) in [7, 11) is 1.20. The molecule has 96 valence electrons. The highest BCUT2D eigenvalue weighted by atomic mass is 19.1. The van der Waals surface area contributed by atoms with Crippen LogP contribution in [0.1, 0.15) is 12.5 Å². The van der Waals surface area contributed by atoms with Gasteiger partial charge in [0, 0.05) is 6.08 Å². The summed E-state index contributed by atoms with van der Waals surface area (Å²) in [5.41, 5.74) is 0.409. The molecule has 0 N–H and O–H groups in total. The van der Waals surface area contributed by atoms with Gasteiger partial charge in [-0.2, -0.15) is 0 Å². The van der Waals surface area contributed by atoms with Crippen LogP contribution in [0.25, 0.3) is 5.57 Å². The van der Waals surface area contributed by atoms with Crippen LogP contribution in [0.2, 0.25) is 0 Å². The minimum absolute atomic E-state index is 0.0240. The zero-order chi connectivity index (χ0) is 13.5. The molecule has 0 aliphatic rings. The highest BCUT2D eigenvalue weighted by Crippen LogP contribution is 2.16. The molecule has 0 spiro atoms. The molecule has 1 rings (SSSR count). The van der Waals surface area contributed by atoms with Crippen molar-refractivity contribution in [3.8, 4) is 0 Å². The van der Waals surface area contributed by atoms with Gasteiger partial charge < -0.3 is 9.47 Å². The molecule has 0 saturated heterocycles. The van der Waals surface area contributed by atoms with Crippen LogP contribution in [0.5, 0.6) is 0 Å². The number of rotatable bonds is 4. The van der Waals surface area contributed by atoms with Gasteiger partial charge >= 0.3 is 11.9 Å². The van der Waals surface area contributed by atoms with Crippen molar-refractivity contribution < 1.29 is 23.5 Å². The second-order valence-corrected chi connectivity index (χ2v) is 3.31. The number of hydrogen-bond donors (Lipinski definition) is 0. The Hall–Kier alpha value is -2.17. The molecule has 5 heteroatoms. The fourth-order valence-electron chi connectivity index (χ4n) is 1.30. The summed E-state index contributed by atoms with van der Waals surface area (Å²) < 4.78 is 22.1. The van der Waals surface area contributed by atoms with Crippen molar-refractivity contribution in [2.45, 2.75) is 6.92 Å². The monoisotopic (exact) mass is 252 g/mol. The molecule has 0 radical (unpaired) electrons. The number of ether oxygens (including phenoxy) is 2. The van der Waals surface area contributed by atoms with Crippen molar-refractivity contribution in [3.05, 3.63) is 41.7 Å². The Balaban J connectivity index is 3.09. The molecule has 0 unspecified atom stereocenters. The fraction of sp³-hybridized carbons (Fsp3) is 0.231. The van der Waals surface area contributed by atoms with E-state index in [9.17, 15) is 14.0 Å². The van der Waals surface area contributed by atoms with Crippen molar-refractivity contribution >= 4 is 17.5 Å². The summed E-state index contributed by atoms with van der Waals surface area (Å²) in [6, 6.07) is 5.16. The van der Waals surface area contributed by atoms with Gasteiger partial charge in [0.1, 0.15) is 5.82 Å². The van der Waals surface area contributed by atoms with Gasteiger partial charge in [-0.1, -0.05) is 12.1 Å². The summed E-state index contributed by atoms with van der Waals surface area (Å²) >= 11 is 0. The van der Waals surface area contributed by atoms with E-state index in [0.717, 1.165) is 6.08 Å². The molecule has 1 aromatic carbocycles. The van der Waals surface area contributed by atoms with E-state index in [-0.39, 0.29) is 12.2 Å². The lowest BCUT2D eigenvalue weighted by Crippen LogP contribution is -2.08. The summed E-state index contributed by atoms with van der Waals surface area (Å²) in [6.07, 6.45) is 1.03. The summed E-state index contributed by atoms with van der Waals surface area (Å²) in [4.78, 5) is 22.9. The molecular weight excluding hydrogens is 239 g/mol. The van der Waals surface area contributed by atoms with E-state index >= 15 is 0 Å². The number of carbonyl (C=O) groups excluding carboxylic acids is 2. The quantitative estimate of drug-likeness (QED) is 0.607. The molecule has 0 amide bonds. The van der Waals surface area contributed by atoms with Crippen molar-refractivity contribution in [2.75, 3.05) is 13.7 Å². The number of esters is 2. The SMILES string of the molecule is CCOC(=O)/C=C(\C(=O)OC)c1ccc(F)cc1. The van der Waals surface area contributed by atoms with E-state index in [1.54, 1.807) is 6.92 Å². The fourth-order valence-corrected chi connectivity index (χ4v) is 1.30. The van der Waals surface area contributed by atoms with Crippen LogP contribution in [-0.2, 0) is 19.1 Å². The van der Waals surface area contributed by atoms with Crippen molar-refractivity contribution in [1.82, 2.24) is 0 Å². The maximum absolute atomic E-state index is 12.8. The molecule has 0 aliphatic carbocycles. The van der Waals surface area contributed by atoms with Crippen molar-refractivity contribution in [3.63, 3.8) is 0 Å². The molecule has 4 nitrogen and oxygen atoms in total. The molecule has 0 saturated carbocycles. The third kappa shape index (κ3) is 3.69. The van der Waals surface area contributed by atoms with Crippen molar-refractivity contribution in [2.24, 2.45) is 0 Å². The van der Waals surface area contributed by atoms with Crippen LogP contribution < -0.4 is 0 Å². The first-order valence-electron chi connectivity index (χ1n) is 5.31. The number of benzene rings is 1. The van der Waals surface area contributed by atoms with Gasteiger partial charge in [-0.25, -0.2) is 14.0 Å². The predicted molar refractivity (Wildman–Crippen MR) is 63.0 cm³/mol. The van der Waals surface area contributed by atoms with Crippen molar-refractivity contribution in [1.29, 1.82) is 0 Å². The maximum atomic E-state index is 12.8. The molecular formula is C13H13FO4. The van der Waals surface area contributed by atoms with E-state index < -0.39 is 17.8 Å². The van der Waals surface area contributed by atoms with E-state index in [4.69, 9.17) is 4.74 Å². The first-order chi connectivity index (χ1) is 8.58. The first kappa shape index (κ1) is 13.9. The number of carbonyl (C=O) groups is 2. The molecule has 18 heavy (non-hydrogen) atoms. The lowest BCUT2D eigenvalue weighted by molar-refractivity contribution is -0.138. The highest BCUT2D eigenvalue weighted by Gasteiger charge is 2.14. The van der Waals surface area contributed by atoms with E-state index in [2.05, 4.69) is 4.74 Å². The third-order valence-electron chi connectivity index (χ3n) is 2.11. The first-order valence-corrected chi connectivity index (χ1v) is 5.31. The average molecular weight is 252 g/mol. The molecule has 0 bridgehead atoms. The van der Waals surface area contributed by atoms with Gasteiger partial charge in [-0.15, -0.1) is 0 Å². The van der Waals surface area contributed by atoms with Crippen LogP contribution in [0.3, 0.4) is 0 Å². The van der Waals surface area contributed by atoms with Gasteiger partial charge in [-0.05, 0) is 24.6 Å². The number of hydrogen-bond acceptors (Lipinski definition) is 4. The van der Waals surface area contributed by atoms with Gasteiger partial charge in [0.05, 0.1) is 19.3 Å². The summed E-state index contributed by atoms with van der Waals surface area (Å²) in [6.45, 7) is 1.86. The van der Waals surface area contributed by atoms with Crippen LogP contribution in [-0.4, -0.2) is 25.7 Å². The Kier molecular flexibility index (Phi) is 5.05. The highest BCUT2D eigenvalue weighted by molar-refractivity contribution is 6.20. The Morgan fingerprint density at radius 1 is 1.28 bits per heavy atom.